The standard InChI is InChI=1S/C15H16Cl2N2/c1-2-19-15(11-4-3-7-18-10-11)9-12-8-13(16)5-6-14(12)17/h3-8,10,15,19H,2,9H2,1H3. The lowest BCUT2D eigenvalue weighted by atomic mass is 10.00. The van der Waals surface area contributed by atoms with Gasteiger partial charge in [-0.15, -0.1) is 0 Å². The van der Waals surface area contributed by atoms with Gasteiger partial charge in [0.1, 0.15) is 0 Å². The molecule has 1 atom stereocenters. The molecule has 1 aromatic carbocycles. The van der Waals surface area contributed by atoms with Crippen LogP contribution in [0.1, 0.15) is 24.1 Å². The van der Waals surface area contributed by atoms with Crippen LogP contribution in [0, 0.1) is 0 Å². The summed E-state index contributed by atoms with van der Waals surface area (Å²) in [6, 6.07) is 9.77. The summed E-state index contributed by atoms with van der Waals surface area (Å²) >= 11 is 12.3. The molecule has 1 unspecified atom stereocenters. The van der Waals surface area contributed by atoms with E-state index in [1.807, 2.05) is 24.4 Å². The van der Waals surface area contributed by atoms with E-state index in [-0.39, 0.29) is 6.04 Å². The molecule has 0 saturated heterocycles. The molecule has 1 aromatic heterocycles. The Morgan fingerprint density at radius 1 is 1.26 bits per heavy atom. The predicted octanol–water partition coefficient (Wildman–Crippen LogP) is 4.28. The zero-order chi connectivity index (χ0) is 13.7. The maximum Gasteiger partial charge on any atom is 0.0439 e. The highest BCUT2D eigenvalue weighted by Gasteiger charge is 2.13. The molecule has 0 bridgehead atoms. The monoisotopic (exact) mass is 294 g/mol. The van der Waals surface area contributed by atoms with Crippen molar-refractivity contribution in [3.63, 3.8) is 0 Å². The molecule has 0 fully saturated rings. The van der Waals surface area contributed by atoms with Crippen molar-refractivity contribution in [1.82, 2.24) is 10.3 Å². The third-order valence-corrected chi connectivity index (χ3v) is 3.57. The molecule has 0 radical (unpaired) electrons. The number of pyridine rings is 1. The van der Waals surface area contributed by atoms with Crippen molar-refractivity contribution >= 4 is 23.2 Å². The molecule has 0 saturated carbocycles. The topological polar surface area (TPSA) is 24.9 Å². The number of halogens is 2. The van der Waals surface area contributed by atoms with Crippen molar-refractivity contribution < 1.29 is 0 Å². The number of nitrogens with one attached hydrogen (secondary N) is 1. The Kier molecular flexibility index (Phi) is 5.20. The van der Waals surface area contributed by atoms with E-state index in [1.54, 1.807) is 12.3 Å². The minimum absolute atomic E-state index is 0.190. The second-order valence-corrected chi connectivity index (χ2v) is 5.18. The summed E-state index contributed by atoms with van der Waals surface area (Å²) in [5.41, 5.74) is 2.20. The lowest BCUT2D eigenvalue weighted by molar-refractivity contribution is 0.548. The maximum absolute atomic E-state index is 6.23. The van der Waals surface area contributed by atoms with Crippen LogP contribution in [0.3, 0.4) is 0 Å². The SMILES string of the molecule is CCNC(Cc1cc(Cl)ccc1Cl)c1cccnc1. The summed E-state index contributed by atoms with van der Waals surface area (Å²) < 4.78 is 0. The zero-order valence-electron chi connectivity index (χ0n) is 10.7. The van der Waals surface area contributed by atoms with Crippen molar-refractivity contribution in [3.05, 3.63) is 63.9 Å². The Morgan fingerprint density at radius 2 is 2.11 bits per heavy atom. The van der Waals surface area contributed by atoms with Gasteiger partial charge in [-0.1, -0.05) is 36.2 Å². The highest BCUT2D eigenvalue weighted by atomic mass is 35.5. The summed E-state index contributed by atoms with van der Waals surface area (Å²) in [4.78, 5) is 4.17. The molecule has 0 aliphatic rings. The third-order valence-electron chi connectivity index (χ3n) is 2.97. The van der Waals surface area contributed by atoms with Crippen LogP contribution in [0.2, 0.25) is 10.0 Å². The molecule has 2 aromatic rings. The van der Waals surface area contributed by atoms with E-state index in [0.717, 1.165) is 29.1 Å². The molecule has 100 valence electrons. The first-order valence-electron chi connectivity index (χ1n) is 6.28. The molecule has 2 rings (SSSR count). The molecule has 0 spiro atoms. The smallest absolute Gasteiger partial charge is 0.0439 e. The van der Waals surface area contributed by atoms with Crippen molar-refractivity contribution in [1.29, 1.82) is 0 Å². The molecule has 1 heterocycles. The van der Waals surface area contributed by atoms with Gasteiger partial charge in [0.15, 0.2) is 0 Å². The van der Waals surface area contributed by atoms with Gasteiger partial charge in [0.25, 0.3) is 0 Å². The van der Waals surface area contributed by atoms with Gasteiger partial charge in [-0.05, 0) is 48.4 Å². The van der Waals surface area contributed by atoms with Crippen molar-refractivity contribution in [2.45, 2.75) is 19.4 Å². The lowest BCUT2D eigenvalue weighted by Crippen LogP contribution is -2.23. The van der Waals surface area contributed by atoms with Gasteiger partial charge in [0.2, 0.25) is 0 Å². The minimum Gasteiger partial charge on any atom is -0.310 e. The largest absolute Gasteiger partial charge is 0.310 e. The van der Waals surface area contributed by atoms with Gasteiger partial charge in [0.05, 0.1) is 0 Å². The molecule has 0 amide bonds. The van der Waals surface area contributed by atoms with Gasteiger partial charge in [-0.2, -0.15) is 0 Å². The van der Waals surface area contributed by atoms with E-state index in [0.29, 0.717) is 5.02 Å². The van der Waals surface area contributed by atoms with Crippen LogP contribution >= 0.6 is 23.2 Å². The quantitative estimate of drug-likeness (QED) is 0.890. The number of hydrogen-bond acceptors (Lipinski definition) is 2. The summed E-state index contributed by atoms with van der Waals surface area (Å²) in [6.45, 7) is 2.97. The Morgan fingerprint density at radius 3 is 2.79 bits per heavy atom. The molecule has 2 nitrogen and oxygen atoms in total. The van der Waals surface area contributed by atoms with E-state index >= 15 is 0 Å². The van der Waals surface area contributed by atoms with Crippen LogP contribution in [0.5, 0.6) is 0 Å². The van der Waals surface area contributed by atoms with Gasteiger partial charge in [-0.3, -0.25) is 4.98 Å². The number of likely N-dealkylation sites (N-methyl/N-ethyl adjacent to an activating group) is 1. The number of rotatable bonds is 5. The fraction of sp³-hybridized carbons (Fsp3) is 0.267. The zero-order valence-corrected chi connectivity index (χ0v) is 12.2. The van der Waals surface area contributed by atoms with Crippen molar-refractivity contribution in [3.8, 4) is 0 Å². The van der Waals surface area contributed by atoms with Crippen LogP contribution in [-0.2, 0) is 6.42 Å². The fourth-order valence-electron chi connectivity index (χ4n) is 2.06. The summed E-state index contributed by atoms with van der Waals surface area (Å²) in [7, 11) is 0. The second kappa shape index (κ2) is 6.90. The maximum atomic E-state index is 6.23. The lowest BCUT2D eigenvalue weighted by Gasteiger charge is -2.19. The van der Waals surface area contributed by atoms with E-state index in [4.69, 9.17) is 23.2 Å². The Balaban J connectivity index is 2.24. The Bertz CT molecular complexity index is 529. The molecule has 19 heavy (non-hydrogen) atoms. The fourth-order valence-corrected chi connectivity index (χ4v) is 2.45. The minimum atomic E-state index is 0.190. The number of hydrogen-bond donors (Lipinski definition) is 1. The Labute approximate surface area is 123 Å². The van der Waals surface area contributed by atoms with Gasteiger partial charge in [-0.25, -0.2) is 0 Å². The predicted molar refractivity (Wildman–Crippen MR) is 80.8 cm³/mol. The number of aromatic nitrogens is 1. The number of nitrogens with zero attached hydrogens (tertiary/aromatic N) is 1. The highest BCUT2D eigenvalue weighted by Crippen LogP contribution is 2.26. The Hall–Kier alpha value is -1.09. The average molecular weight is 295 g/mol. The van der Waals surface area contributed by atoms with E-state index in [9.17, 15) is 0 Å². The first kappa shape index (κ1) is 14.3. The number of benzene rings is 1. The van der Waals surface area contributed by atoms with E-state index in [2.05, 4.69) is 23.3 Å². The van der Waals surface area contributed by atoms with Crippen LogP contribution < -0.4 is 5.32 Å². The molecule has 1 N–H and O–H groups in total. The van der Waals surface area contributed by atoms with Crippen LogP contribution in [0.15, 0.2) is 42.7 Å². The first-order chi connectivity index (χ1) is 9.20. The van der Waals surface area contributed by atoms with Gasteiger partial charge >= 0.3 is 0 Å². The van der Waals surface area contributed by atoms with Crippen LogP contribution in [0.4, 0.5) is 0 Å². The normalized spacial score (nSPS) is 12.4. The van der Waals surface area contributed by atoms with E-state index < -0.39 is 0 Å². The van der Waals surface area contributed by atoms with Crippen LogP contribution in [0.25, 0.3) is 0 Å². The molecule has 4 heteroatoms. The highest BCUT2D eigenvalue weighted by molar-refractivity contribution is 6.33. The third kappa shape index (κ3) is 3.93. The van der Waals surface area contributed by atoms with Crippen molar-refractivity contribution in [2.24, 2.45) is 0 Å². The summed E-state index contributed by atoms with van der Waals surface area (Å²) in [5, 5.41) is 4.91. The molecular weight excluding hydrogens is 279 g/mol. The first-order valence-corrected chi connectivity index (χ1v) is 7.03. The molecule has 0 aliphatic carbocycles. The van der Waals surface area contributed by atoms with Crippen LogP contribution in [-0.4, -0.2) is 11.5 Å². The summed E-state index contributed by atoms with van der Waals surface area (Å²) in [6.07, 6.45) is 4.45. The molecular formula is C15H16Cl2N2. The second-order valence-electron chi connectivity index (χ2n) is 4.34. The summed E-state index contributed by atoms with van der Waals surface area (Å²) in [5.74, 6) is 0. The molecule has 0 aliphatic heterocycles. The van der Waals surface area contributed by atoms with Crippen molar-refractivity contribution in [2.75, 3.05) is 6.54 Å². The average Bonchev–Trinajstić information content (AvgIpc) is 2.43. The van der Waals surface area contributed by atoms with Gasteiger partial charge in [0, 0.05) is 28.5 Å². The van der Waals surface area contributed by atoms with E-state index in [1.165, 1.54) is 0 Å². The van der Waals surface area contributed by atoms with Gasteiger partial charge < -0.3 is 5.32 Å².